The summed E-state index contributed by atoms with van der Waals surface area (Å²) in [7, 11) is 3.85. The molecule has 1 aliphatic heterocycles. The van der Waals surface area contributed by atoms with Gasteiger partial charge >= 0.3 is 0 Å². The van der Waals surface area contributed by atoms with Crippen molar-refractivity contribution in [2.24, 2.45) is 5.92 Å². The maximum atomic E-state index is 6.34. The fourth-order valence-corrected chi connectivity index (χ4v) is 6.47. The third-order valence-corrected chi connectivity index (χ3v) is 7.70. The van der Waals surface area contributed by atoms with Crippen LogP contribution in [0, 0.1) is 5.92 Å². The number of hydrogen-bond acceptors (Lipinski definition) is 5. The van der Waals surface area contributed by atoms with Crippen molar-refractivity contribution in [1.82, 2.24) is 9.80 Å². The van der Waals surface area contributed by atoms with Crippen molar-refractivity contribution >= 4 is 35.0 Å². The summed E-state index contributed by atoms with van der Waals surface area (Å²) >= 11 is 14.4. The number of hydrogen-bond donors (Lipinski definition) is 0. The van der Waals surface area contributed by atoms with Crippen molar-refractivity contribution in [1.29, 1.82) is 0 Å². The molecule has 218 valence electrons. The van der Waals surface area contributed by atoms with Crippen molar-refractivity contribution in [2.75, 3.05) is 20.8 Å². The number of ether oxygens (including phenoxy) is 2. The molecule has 1 heterocycles. The predicted octanol–water partition coefficient (Wildman–Crippen LogP) is 9.96. The first-order valence-corrected chi connectivity index (χ1v) is 15.5. The van der Waals surface area contributed by atoms with Crippen LogP contribution in [0.4, 0.5) is 0 Å². The molecule has 0 radical (unpaired) electrons. The van der Waals surface area contributed by atoms with Crippen molar-refractivity contribution < 1.29 is 9.47 Å². The van der Waals surface area contributed by atoms with E-state index in [-0.39, 0.29) is 6.17 Å². The quantitative estimate of drug-likeness (QED) is 0.230. The van der Waals surface area contributed by atoms with E-state index in [1.165, 1.54) is 21.9 Å². The fraction of sp³-hybridized carbons (Fsp3) is 0.394. The second-order valence-electron chi connectivity index (χ2n) is 9.12. The lowest BCUT2D eigenvalue weighted by molar-refractivity contribution is 0.0225. The fourth-order valence-electron chi connectivity index (χ4n) is 4.43. The number of methoxy groups -OCH3 is 1. The average molecular weight is 604 g/mol. The zero-order valence-corrected chi connectivity index (χ0v) is 27.4. The zero-order chi connectivity index (χ0) is 29.7. The normalized spacial score (nSPS) is 14.5. The van der Waals surface area contributed by atoms with Crippen LogP contribution in [0.5, 0.6) is 5.75 Å². The number of halogens is 2. The van der Waals surface area contributed by atoms with E-state index in [0.29, 0.717) is 29.2 Å². The Morgan fingerprint density at radius 3 is 2.00 bits per heavy atom. The number of nitrogens with zero attached hydrogens (tertiary/aromatic N) is 2. The first kappa shape index (κ1) is 33.9. The smallest absolute Gasteiger partial charge is 0.126 e. The van der Waals surface area contributed by atoms with Gasteiger partial charge in [0.1, 0.15) is 11.9 Å². The minimum atomic E-state index is 0.0466. The summed E-state index contributed by atoms with van der Waals surface area (Å²) in [5.41, 5.74) is 3.64. The molecule has 1 unspecified atom stereocenters. The molecule has 0 bridgehead atoms. The summed E-state index contributed by atoms with van der Waals surface area (Å²) in [5.74, 6) is 1.17. The van der Waals surface area contributed by atoms with Gasteiger partial charge in [-0.1, -0.05) is 119 Å². The molecule has 0 aromatic heterocycles. The Morgan fingerprint density at radius 2 is 1.45 bits per heavy atom. The van der Waals surface area contributed by atoms with Crippen LogP contribution >= 0.6 is 35.0 Å². The molecule has 0 N–H and O–H groups in total. The summed E-state index contributed by atoms with van der Waals surface area (Å²) < 4.78 is 11.6. The molecule has 7 heteroatoms. The lowest BCUT2D eigenvalue weighted by Gasteiger charge is -2.33. The highest BCUT2D eigenvalue weighted by Crippen LogP contribution is 2.44. The van der Waals surface area contributed by atoms with E-state index in [1.54, 1.807) is 24.9 Å². The molecule has 3 aromatic carbocycles. The molecule has 0 spiro atoms. The molecule has 1 atom stereocenters. The van der Waals surface area contributed by atoms with Gasteiger partial charge in [-0.05, 0) is 47.4 Å². The van der Waals surface area contributed by atoms with Gasteiger partial charge in [-0.25, -0.2) is 0 Å². The number of rotatable bonds is 10. The minimum Gasteiger partial charge on any atom is -0.497 e. The molecule has 4 rings (SSSR count). The van der Waals surface area contributed by atoms with Crippen molar-refractivity contribution in [3.8, 4) is 5.75 Å². The standard InChI is InChI=1S/C29H32Cl2N2O2S.2C2H6/c1-20(2)28-29(36-26-15-23(30)14-24(31)16-26)33(17-21-10-12-25(34-4)13-11-21)27(32(28)3)19-35-18-22-8-6-5-7-9-22;2*1-2/h5-16,20,27H,17-19H2,1-4H3;2*1-2H3. The largest absolute Gasteiger partial charge is 0.497 e. The Bertz CT molecular complexity index is 1170. The van der Waals surface area contributed by atoms with E-state index in [4.69, 9.17) is 32.7 Å². The molecular formula is C33H44Cl2N2O2S. The lowest BCUT2D eigenvalue weighted by atomic mass is 10.1. The summed E-state index contributed by atoms with van der Waals surface area (Å²) in [5, 5.41) is 2.45. The van der Waals surface area contributed by atoms with Gasteiger partial charge in [-0.2, -0.15) is 0 Å². The van der Waals surface area contributed by atoms with Gasteiger partial charge in [-0.15, -0.1) is 0 Å². The second-order valence-corrected chi connectivity index (χ2v) is 11.1. The topological polar surface area (TPSA) is 24.9 Å². The Balaban J connectivity index is 0.00000134. The van der Waals surface area contributed by atoms with Crippen LogP contribution in [0.3, 0.4) is 0 Å². The van der Waals surface area contributed by atoms with E-state index >= 15 is 0 Å². The highest BCUT2D eigenvalue weighted by Gasteiger charge is 2.38. The van der Waals surface area contributed by atoms with Crippen molar-refractivity contribution in [3.63, 3.8) is 0 Å². The molecule has 1 aliphatic rings. The van der Waals surface area contributed by atoms with Crippen LogP contribution in [0.15, 0.2) is 88.4 Å². The Morgan fingerprint density at radius 1 is 0.850 bits per heavy atom. The first-order chi connectivity index (χ1) is 19.4. The number of likely N-dealkylation sites (N-methyl/N-ethyl adjacent to an activating group) is 1. The van der Waals surface area contributed by atoms with Crippen LogP contribution in [0.2, 0.25) is 10.0 Å². The lowest BCUT2D eigenvalue weighted by Crippen LogP contribution is -2.42. The molecule has 4 nitrogen and oxygen atoms in total. The molecule has 0 saturated carbocycles. The summed E-state index contributed by atoms with van der Waals surface area (Å²) in [6.45, 7) is 14.3. The Kier molecular flexibility index (Phi) is 14.8. The predicted molar refractivity (Wildman–Crippen MR) is 173 cm³/mol. The molecule has 0 saturated heterocycles. The Hall–Kier alpha value is -2.31. The van der Waals surface area contributed by atoms with Gasteiger partial charge in [0.05, 0.1) is 25.4 Å². The molecule has 0 fully saturated rings. The number of allylic oxidation sites excluding steroid dienone is 1. The zero-order valence-electron chi connectivity index (χ0n) is 25.1. The van der Waals surface area contributed by atoms with Gasteiger partial charge < -0.3 is 19.3 Å². The average Bonchev–Trinajstić information content (AvgIpc) is 3.21. The minimum absolute atomic E-state index is 0.0466. The highest BCUT2D eigenvalue weighted by atomic mass is 35.5. The molecular weight excluding hydrogens is 559 g/mol. The summed E-state index contributed by atoms with van der Waals surface area (Å²) in [6.07, 6.45) is 0.0466. The van der Waals surface area contributed by atoms with Crippen LogP contribution < -0.4 is 4.74 Å². The van der Waals surface area contributed by atoms with E-state index in [1.807, 2.05) is 70.2 Å². The van der Waals surface area contributed by atoms with Gasteiger partial charge in [0, 0.05) is 34.2 Å². The van der Waals surface area contributed by atoms with E-state index < -0.39 is 0 Å². The van der Waals surface area contributed by atoms with Crippen molar-refractivity contribution in [3.05, 3.63) is 105 Å². The third-order valence-electron chi connectivity index (χ3n) is 6.15. The SMILES string of the molecule is CC.CC.COc1ccc(CN2C(Sc3cc(Cl)cc(Cl)c3)=C(C(C)C)N(C)C2COCc2ccccc2)cc1. The van der Waals surface area contributed by atoms with Gasteiger partial charge in [0.15, 0.2) is 0 Å². The van der Waals surface area contributed by atoms with E-state index in [0.717, 1.165) is 17.2 Å². The van der Waals surface area contributed by atoms with Crippen LogP contribution in [-0.4, -0.2) is 36.7 Å². The van der Waals surface area contributed by atoms with E-state index in [9.17, 15) is 0 Å². The van der Waals surface area contributed by atoms with Gasteiger partial charge in [0.2, 0.25) is 0 Å². The summed E-state index contributed by atoms with van der Waals surface area (Å²) in [4.78, 5) is 5.80. The number of benzene rings is 3. The first-order valence-electron chi connectivity index (χ1n) is 14.0. The maximum Gasteiger partial charge on any atom is 0.126 e. The van der Waals surface area contributed by atoms with E-state index in [2.05, 4.69) is 55.0 Å². The molecule has 3 aromatic rings. The van der Waals surface area contributed by atoms with Gasteiger partial charge in [0.25, 0.3) is 0 Å². The van der Waals surface area contributed by atoms with Crippen LogP contribution in [0.1, 0.15) is 52.7 Å². The maximum absolute atomic E-state index is 6.34. The third kappa shape index (κ3) is 9.37. The van der Waals surface area contributed by atoms with Crippen LogP contribution in [-0.2, 0) is 17.9 Å². The molecule has 0 amide bonds. The molecule has 40 heavy (non-hydrogen) atoms. The summed E-state index contributed by atoms with van der Waals surface area (Å²) in [6, 6.07) is 24.2. The van der Waals surface area contributed by atoms with Crippen LogP contribution in [0.25, 0.3) is 0 Å². The van der Waals surface area contributed by atoms with Crippen molar-refractivity contribution in [2.45, 2.75) is 65.8 Å². The molecule has 0 aliphatic carbocycles. The van der Waals surface area contributed by atoms with Gasteiger partial charge in [-0.3, -0.25) is 0 Å². The Labute approximate surface area is 256 Å². The highest BCUT2D eigenvalue weighted by molar-refractivity contribution is 8.03. The monoisotopic (exact) mass is 602 g/mol. The number of thioether (sulfide) groups is 1. The second kappa shape index (κ2) is 17.5.